The van der Waals surface area contributed by atoms with E-state index in [1.165, 1.54) is 4.90 Å². The van der Waals surface area contributed by atoms with Crippen molar-refractivity contribution in [3.8, 4) is 0 Å². The van der Waals surface area contributed by atoms with Crippen LogP contribution in [0.25, 0.3) is 0 Å². The molecule has 2 aromatic rings. The van der Waals surface area contributed by atoms with E-state index < -0.39 is 0 Å². The Morgan fingerprint density at radius 2 is 2.00 bits per heavy atom. The Kier molecular flexibility index (Phi) is 6.58. The second-order valence-corrected chi connectivity index (χ2v) is 5.96. The predicted molar refractivity (Wildman–Crippen MR) is 95.5 cm³/mol. The largest absolute Gasteiger partial charge is 0.328 e. The molecule has 1 heterocycles. The molecule has 0 unspecified atom stereocenters. The van der Waals surface area contributed by atoms with Gasteiger partial charge in [-0.05, 0) is 36.8 Å². The standard InChI is InChI=1S/C17H17Cl2N3O2/c1-2-9-22(17(24)15-5-3-4-8-20-15)11-16(23)21-14-7-6-12(18)10-13(14)19/h3-8,10H,2,9,11H2,1H3,(H,21,23). The minimum absolute atomic E-state index is 0.0811. The van der Waals surface area contributed by atoms with Crippen LogP contribution >= 0.6 is 23.2 Å². The summed E-state index contributed by atoms with van der Waals surface area (Å²) in [7, 11) is 0. The molecule has 2 rings (SSSR count). The number of anilines is 1. The Bertz CT molecular complexity index is 723. The lowest BCUT2D eigenvalue weighted by Crippen LogP contribution is -2.38. The summed E-state index contributed by atoms with van der Waals surface area (Å²) >= 11 is 11.9. The number of rotatable bonds is 6. The number of amides is 2. The number of carbonyl (C=O) groups excluding carboxylic acids is 2. The fraction of sp³-hybridized carbons (Fsp3) is 0.235. The Labute approximate surface area is 150 Å². The quantitative estimate of drug-likeness (QED) is 0.844. The first kappa shape index (κ1) is 18.2. The lowest BCUT2D eigenvalue weighted by molar-refractivity contribution is -0.116. The van der Waals surface area contributed by atoms with Gasteiger partial charge in [0.1, 0.15) is 12.2 Å². The topological polar surface area (TPSA) is 62.3 Å². The van der Waals surface area contributed by atoms with E-state index in [-0.39, 0.29) is 18.4 Å². The second-order valence-electron chi connectivity index (χ2n) is 5.11. The van der Waals surface area contributed by atoms with Crippen molar-refractivity contribution in [2.24, 2.45) is 0 Å². The average molecular weight is 366 g/mol. The molecule has 0 aliphatic heterocycles. The number of carbonyl (C=O) groups is 2. The third-order valence-corrected chi connectivity index (χ3v) is 3.75. The van der Waals surface area contributed by atoms with Gasteiger partial charge in [-0.1, -0.05) is 36.2 Å². The molecule has 126 valence electrons. The molecule has 1 N–H and O–H groups in total. The SMILES string of the molecule is CCCN(CC(=O)Nc1ccc(Cl)cc1Cl)C(=O)c1ccccn1. The van der Waals surface area contributed by atoms with Crippen molar-refractivity contribution in [1.29, 1.82) is 0 Å². The van der Waals surface area contributed by atoms with E-state index in [4.69, 9.17) is 23.2 Å². The Morgan fingerprint density at radius 3 is 2.62 bits per heavy atom. The maximum Gasteiger partial charge on any atom is 0.272 e. The molecule has 5 nitrogen and oxygen atoms in total. The highest BCUT2D eigenvalue weighted by molar-refractivity contribution is 6.36. The van der Waals surface area contributed by atoms with Gasteiger partial charge in [0.2, 0.25) is 5.91 Å². The zero-order chi connectivity index (χ0) is 17.5. The number of hydrogen-bond donors (Lipinski definition) is 1. The Balaban J connectivity index is 2.07. The molecule has 0 bridgehead atoms. The summed E-state index contributed by atoms with van der Waals surface area (Å²) in [6, 6.07) is 9.88. The second kappa shape index (κ2) is 8.66. The van der Waals surface area contributed by atoms with Crippen molar-refractivity contribution in [2.75, 3.05) is 18.4 Å². The molecule has 1 aromatic carbocycles. The van der Waals surface area contributed by atoms with Gasteiger partial charge >= 0.3 is 0 Å². The molecule has 24 heavy (non-hydrogen) atoms. The maximum atomic E-state index is 12.5. The Morgan fingerprint density at radius 1 is 1.21 bits per heavy atom. The number of benzene rings is 1. The number of pyridine rings is 1. The molecule has 0 spiro atoms. The van der Waals surface area contributed by atoms with Crippen molar-refractivity contribution in [3.63, 3.8) is 0 Å². The van der Waals surface area contributed by atoms with Gasteiger partial charge in [-0.15, -0.1) is 0 Å². The van der Waals surface area contributed by atoms with Gasteiger partial charge in [-0.25, -0.2) is 0 Å². The van der Waals surface area contributed by atoms with Gasteiger partial charge in [-0.2, -0.15) is 0 Å². The van der Waals surface area contributed by atoms with E-state index in [2.05, 4.69) is 10.3 Å². The van der Waals surface area contributed by atoms with Crippen LogP contribution in [-0.2, 0) is 4.79 Å². The van der Waals surface area contributed by atoms with E-state index >= 15 is 0 Å². The van der Waals surface area contributed by atoms with E-state index in [9.17, 15) is 9.59 Å². The summed E-state index contributed by atoms with van der Waals surface area (Å²) in [4.78, 5) is 30.2. The fourth-order valence-corrected chi connectivity index (χ4v) is 2.58. The van der Waals surface area contributed by atoms with E-state index in [1.807, 2.05) is 6.92 Å². The molecule has 2 amide bonds. The van der Waals surface area contributed by atoms with Crippen LogP contribution in [0, 0.1) is 0 Å². The molecule has 7 heteroatoms. The monoisotopic (exact) mass is 365 g/mol. The number of nitrogens with zero attached hydrogens (tertiary/aromatic N) is 2. The van der Waals surface area contributed by atoms with Gasteiger partial charge in [0.05, 0.1) is 10.7 Å². The lowest BCUT2D eigenvalue weighted by Gasteiger charge is -2.21. The molecule has 0 aliphatic carbocycles. The summed E-state index contributed by atoms with van der Waals surface area (Å²) in [5, 5.41) is 3.51. The summed E-state index contributed by atoms with van der Waals surface area (Å²) in [5.74, 6) is -0.619. The predicted octanol–water partition coefficient (Wildman–Crippen LogP) is 3.88. The molecular weight excluding hydrogens is 349 g/mol. The van der Waals surface area contributed by atoms with Gasteiger partial charge in [0.25, 0.3) is 5.91 Å². The van der Waals surface area contributed by atoms with Crippen molar-refractivity contribution in [2.45, 2.75) is 13.3 Å². The van der Waals surface area contributed by atoms with Gasteiger partial charge in [0, 0.05) is 17.8 Å². The van der Waals surface area contributed by atoms with Crippen LogP contribution in [0.1, 0.15) is 23.8 Å². The van der Waals surface area contributed by atoms with Crippen molar-refractivity contribution in [1.82, 2.24) is 9.88 Å². The minimum Gasteiger partial charge on any atom is -0.328 e. The highest BCUT2D eigenvalue weighted by atomic mass is 35.5. The molecule has 0 aliphatic rings. The van der Waals surface area contributed by atoms with Crippen LogP contribution in [0.4, 0.5) is 5.69 Å². The number of hydrogen-bond acceptors (Lipinski definition) is 3. The highest BCUT2D eigenvalue weighted by Gasteiger charge is 2.19. The first-order valence-corrected chi connectivity index (χ1v) is 8.22. The van der Waals surface area contributed by atoms with Gasteiger partial charge in [-0.3, -0.25) is 14.6 Å². The molecule has 0 radical (unpaired) electrons. The van der Waals surface area contributed by atoms with Crippen LogP contribution in [0.3, 0.4) is 0 Å². The molecule has 0 atom stereocenters. The Hall–Kier alpha value is -2.11. The van der Waals surface area contributed by atoms with Gasteiger partial charge < -0.3 is 10.2 Å². The minimum atomic E-state index is -0.336. The molecular formula is C17H17Cl2N3O2. The van der Waals surface area contributed by atoms with E-state index in [0.717, 1.165) is 6.42 Å². The van der Waals surface area contributed by atoms with E-state index in [0.29, 0.717) is 28.0 Å². The first-order chi connectivity index (χ1) is 11.5. The average Bonchev–Trinajstić information content (AvgIpc) is 2.57. The summed E-state index contributed by atoms with van der Waals surface area (Å²) in [5.41, 5.74) is 0.760. The van der Waals surface area contributed by atoms with Gasteiger partial charge in [0.15, 0.2) is 0 Å². The molecule has 1 aromatic heterocycles. The van der Waals surface area contributed by atoms with E-state index in [1.54, 1.807) is 42.6 Å². The number of aromatic nitrogens is 1. The maximum absolute atomic E-state index is 12.5. The number of nitrogens with one attached hydrogen (secondary N) is 1. The van der Waals surface area contributed by atoms with Crippen LogP contribution in [0.2, 0.25) is 10.0 Å². The third-order valence-electron chi connectivity index (χ3n) is 3.20. The van der Waals surface area contributed by atoms with Crippen molar-refractivity contribution >= 4 is 40.7 Å². The highest BCUT2D eigenvalue weighted by Crippen LogP contribution is 2.25. The van der Waals surface area contributed by atoms with Crippen LogP contribution in [0.5, 0.6) is 0 Å². The van der Waals surface area contributed by atoms with Crippen LogP contribution < -0.4 is 5.32 Å². The van der Waals surface area contributed by atoms with Crippen LogP contribution in [-0.4, -0.2) is 34.8 Å². The smallest absolute Gasteiger partial charge is 0.272 e. The van der Waals surface area contributed by atoms with Crippen LogP contribution in [0.15, 0.2) is 42.6 Å². The zero-order valence-corrected chi connectivity index (χ0v) is 14.6. The molecule has 0 fully saturated rings. The zero-order valence-electron chi connectivity index (χ0n) is 13.1. The third kappa shape index (κ3) is 4.94. The van der Waals surface area contributed by atoms with Crippen molar-refractivity contribution < 1.29 is 9.59 Å². The summed E-state index contributed by atoms with van der Waals surface area (Å²) in [6.45, 7) is 2.31. The van der Waals surface area contributed by atoms with Crippen molar-refractivity contribution in [3.05, 3.63) is 58.3 Å². The normalized spacial score (nSPS) is 10.3. The molecule has 0 saturated carbocycles. The molecule has 0 saturated heterocycles. The summed E-state index contributed by atoms with van der Waals surface area (Å²) in [6.07, 6.45) is 2.28. The lowest BCUT2D eigenvalue weighted by atomic mass is 10.2. The number of halogens is 2. The fourth-order valence-electron chi connectivity index (χ4n) is 2.13. The summed E-state index contributed by atoms with van der Waals surface area (Å²) < 4.78 is 0. The first-order valence-electron chi connectivity index (χ1n) is 7.46.